The van der Waals surface area contributed by atoms with Gasteiger partial charge in [0.05, 0.1) is 4.92 Å². The molecule has 2 aromatic carbocycles. The molecule has 0 aliphatic rings. The molecule has 21 heavy (non-hydrogen) atoms. The number of benzene rings is 2. The van der Waals surface area contributed by atoms with Crippen molar-refractivity contribution in [2.75, 3.05) is 0 Å². The van der Waals surface area contributed by atoms with Crippen molar-refractivity contribution in [2.45, 2.75) is 6.54 Å². The minimum absolute atomic E-state index is 0.0636. The van der Waals surface area contributed by atoms with E-state index in [1.165, 1.54) is 6.07 Å². The summed E-state index contributed by atoms with van der Waals surface area (Å²) in [5.74, 6) is -0.711. The van der Waals surface area contributed by atoms with Crippen LogP contribution in [0, 0.1) is 10.1 Å². The number of hydrogen-bond acceptors (Lipinski definition) is 4. The standard InChI is InChI=1S/C14H11BrN2O4/c15-11-3-1-2-9(6-11)14(19)16-8-10-7-12(17(20)21)4-5-13(10)18/h1-7,18H,8H2,(H,16,19)/p-1. The molecule has 1 amide bonds. The highest BCUT2D eigenvalue weighted by molar-refractivity contribution is 9.10. The minimum Gasteiger partial charge on any atom is -0.872 e. The summed E-state index contributed by atoms with van der Waals surface area (Å²) < 4.78 is 0.759. The summed E-state index contributed by atoms with van der Waals surface area (Å²) in [4.78, 5) is 22.0. The van der Waals surface area contributed by atoms with Gasteiger partial charge in [-0.05, 0) is 23.8 Å². The maximum absolute atomic E-state index is 11.9. The molecular weight excluding hydrogens is 340 g/mol. The fraction of sp³-hybridized carbons (Fsp3) is 0.0714. The van der Waals surface area contributed by atoms with Crippen LogP contribution in [0.15, 0.2) is 46.9 Å². The van der Waals surface area contributed by atoms with Gasteiger partial charge in [-0.3, -0.25) is 14.9 Å². The molecule has 2 rings (SSSR count). The Labute approximate surface area is 128 Å². The van der Waals surface area contributed by atoms with Gasteiger partial charge in [0.15, 0.2) is 0 Å². The maximum Gasteiger partial charge on any atom is 0.269 e. The lowest BCUT2D eigenvalue weighted by Crippen LogP contribution is -2.23. The maximum atomic E-state index is 11.9. The Morgan fingerprint density at radius 2 is 2.00 bits per heavy atom. The van der Waals surface area contributed by atoms with Crippen molar-refractivity contribution < 1.29 is 14.8 Å². The molecule has 0 saturated heterocycles. The Balaban J connectivity index is 2.11. The van der Waals surface area contributed by atoms with Crippen molar-refractivity contribution in [3.63, 3.8) is 0 Å². The third-order valence-electron chi connectivity index (χ3n) is 2.78. The number of hydrogen-bond donors (Lipinski definition) is 1. The largest absolute Gasteiger partial charge is 0.872 e. The Bertz CT molecular complexity index is 703. The monoisotopic (exact) mass is 349 g/mol. The summed E-state index contributed by atoms with van der Waals surface area (Å²) in [6.07, 6.45) is 0. The fourth-order valence-corrected chi connectivity index (χ4v) is 2.12. The summed E-state index contributed by atoms with van der Waals surface area (Å²) in [6, 6.07) is 10.2. The first-order valence-electron chi connectivity index (χ1n) is 5.95. The number of carbonyl (C=O) groups excluding carboxylic acids is 1. The Hall–Kier alpha value is -2.41. The van der Waals surface area contributed by atoms with E-state index in [0.29, 0.717) is 5.56 Å². The van der Waals surface area contributed by atoms with Crippen molar-refractivity contribution in [1.29, 1.82) is 0 Å². The lowest BCUT2D eigenvalue weighted by Gasteiger charge is -2.13. The zero-order valence-electron chi connectivity index (χ0n) is 10.7. The molecule has 0 fully saturated rings. The number of nitrogens with zero attached hydrogens (tertiary/aromatic N) is 1. The lowest BCUT2D eigenvalue weighted by molar-refractivity contribution is -0.385. The van der Waals surface area contributed by atoms with Crippen molar-refractivity contribution in [2.24, 2.45) is 0 Å². The number of nitro groups is 1. The van der Waals surface area contributed by atoms with Crippen molar-refractivity contribution in [1.82, 2.24) is 5.32 Å². The van der Waals surface area contributed by atoms with Gasteiger partial charge in [0.25, 0.3) is 11.6 Å². The van der Waals surface area contributed by atoms with Gasteiger partial charge >= 0.3 is 0 Å². The summed E-state index contributed by atoms with van der Waals surface area (Å²) in [7, 11) is 0. The van der Waals surface area contributed by atoms with E-state index in [2.05, 4.69) is 21.2 Å². The van der Waals surface area contributed by atoms with Crippen LogP contribution in [0.2, 0.25) is 0 Å². The third-order valence-corrected chi connectivity index (χ3v) is 3.27. The topological polar surface area (TPSA) is 95.3 Å². The first-order valence-corrected chi connectivity index (χ1v) is 6.75. The molecule has 0 aliphatic carbocycles. The highest BCUT2D eigenvalue weighted by atomic mass is 79.9. The van der Waals surface area contributed by atoms with E-state index in [1.54, 1.807) is 24.3 Å². The normalized spacial score (nSPS) is 10.1. The molecule has 108 valence electrons. The zero-order chi connectivity index (χ0) is 15.4. The van der Waals surface area contributed by atoms with Crippen LogP contribution >= 0.6 is 15.9 Å². The molecule has 7 heteroatoms. The fourth-order valence-electron chi connectivity index (χ4n) is 1.72. The Kier molecular flexibility index (Phi) is 4.54. The predicted molar refractivity (Wildman–Crippen MR) is 77.9 cm³/mol. The number of rotatable bonds is 4. The summed E-state index contributed by atoms with van der Waals surface area (Å²) in [6.45, 7) is -0.0636. The van der Waals surface area contributed by atoms with Crippen LogP contribution < -0.4 is 10.4 Å². The number of halogens is 1. The van der Waals surface area contributed by atoms with E-state index in [-0.39, 0.29) is 29.5 Å². The van der Waals surface area contributed by atoms with E-state index in [0.717, 1.165) is 16.6 Å². The highest BCUT2D eigenvalue weighted by Crippen LogP contribution is 2.20. The van der Waals surface area contributed by atoms with Gasteiger partial charge in [0.1, 0.15) is 0 Å². The van der Waals surface area contributed by atoms with Crippen LogP contribution in [-0.4, -0.2) is 10.8 Å². The van der Waals surface area contributed by atoms with E-state index in [9.17, 15) is 20.0 Å². The third kappa shape index (κ3) is 3.79. The molecule has 0 radical (unpaired) electrons. The van der Waals surface area contributed by atoms with Crippen molar-refractivity contribution in [3.05, 3.63) is 68.2 Å². The average Bonchev–Trinajstić information content (AvgIpc) is 2.45. The van der Waals surface area contributed by atoms with Gasteiger partial charge in [-0.25, -0.2) is 0 Å². The van der Waals surface area contributed by atoms with Gasteiger partial charge in [0.2, 0.25) is 0 Å². The quantitative estimate of drug-likeness (QED) is 0.676. The smallest absolute Gasteiger partial charge is 0.269 e. The number of non-ortho nitro benzene ring substituents is 1. The second-order valence-corrected chi connectivity index (χ2v) is 5.16. The first kappa shape index (κ1) is 15.0. The molecule has 2 aromatic rings. The van der Waals surface area contributed by atoms with Crippen LogP contribution in [0.1, 0.15) is 15.9 Å². The minimum atomic E-state index is -0.584. The molecule has 6 nitrogen and oxygen atoms in total. The van der Waals surface area contributed by atoms with Crippen LogP contribution in [-0.2, 0) is 6.54 Å². The van der Waals surface area contributed by atoms with Crippen molar-refractivity contribution in [3.8, 4) is 5.75 Å². The van der Waals surface area contributed by atoms with E-state index >= 15 is 0 Å². The molecule has 0 aliphatic heterocycles. The van der Waals surface area contributed by atoms with Gasteiger partial charge in [0, 0.05) is 28.7 Å². The zero-order valence-corrected chi connectivity index (χ0v) is 12.3. The van der Waals surface area contributed by atoms with Crippen LogP contribution in [0.4, 0.5) is 5.69 Å². The SMILES string of the molecule is O=C(NCc1cc([N+](=O)[O-])ccc1[O-])c1cccc(Br)c1. The average molecular weight is 350 g/mol. The number of nitro benzene ring substituents is 1. The molecule has 0 saturated carbocycles. The number of carbonyl (C=O) groups is 1. The molecule has 0 bridgehead atoms. The summed E-state index contributed by atoms with van der Waals surface area (Å²) in [5, 5.41) is 24.9. The summed E-state index contributed by atoms with van der Waals surface area (Å²) in [5.41, 5.74) is 0.427. The lowest BCUT2D eigenvalue weighted by atomic mass is 10.1. The van der Waals surface area contributed by atoms with Gasteiger partial charge in [-0.15, -0.1) is 5.75 Å². The van der Waals surface area contributed by atoms with Crippen LogP contribution in [0.3, 0.4) is 0 Å². The number of amides is 1. The van der Waals surface area contributed by atoms with E-state index in [4.69, 9.17) is 0 Å². The molecular formula is C14H10BrN2O4-. The molecule has 0 heterocycles. The predicted octanol–water partition coefficient (Wildman–Crippen LogP) is 2.36. The second-order valence-electron chi connectivity index (χ2n) is 4.24. The molecule has 0 aromatic heterocycles. The van der Waals surface area contributed by atoms with Gasteiger partial charge in [-0.1, -0.05) is 28.1 Å². The van der Waals surface area contributed by atoms with Gasteiger partial charge < -0.3 is 10.4 Å². The van der Waals surface area contributed by atoms with Crippen LogP contribution in [0.25, 0.3) is 0 Å². The van der Waals surface area contributed by atoms with E-state index < -0.39 is 4.92 Å². The Morgan fingerprint density at radius 1 is 1.24 bits per heavy atom. The van der Waals surface area contributed by atoms with Gasteiger partial charge in [-0.2, -0.15) is 0 Å². The number of nitrogens with one attached hydrogen (secondary N) is 1. The second kappa shape index (κ2) is 6.36. The summed E-state index contributed by atoms with van der Waals surface area (Å²) >= 11 is 3.26. The highest BCUT2D eigenvalue weighted by Gasteiger charge is 2.09. The molecule has 0 unspecified atom stereocenters. The molecule has 0 atom stereocenters. The molecule has 1 N–H and O–H groups in total. The van der Waals surface area contributed by atoms with Crippen molar-refractivity contribution >= 4 is 27.5 Å². The Morgan fingerprint density at radius 3 is 2.67 bits per heavy atom. The first-order chi connectivity index (χ1) is 9.97. The van der Waals surface area contributed by atoms with Crippen LogP contribution in [0.5, 0.6) is 5.75 Å². The van der Waals surface area contributed by atoms with E-state index in [1.807, 2.05) is 0 Å². The molecule has 0 spiro atoms.